The molecule has 7 heteroatoms. The first-order valence-electron chi connectivity index (χ1n) is 12.4. The summed E-state index contributed by atoms with van der Waals surface area (Å²) in [5, 5.41) is 8.07. The average molecular weight is 455 g/mol. The van der Waals surface area contributed by atoms with Crippen LogP contribution in [0.1, 0.15) is 86.8 Å². The van der Waals surface area contributed by atoms with Gasteiger partial charge in [-0.05, 0) is 44.7 Å². The molecule has 2 aromatic rings. The number of nitrogens with zero attached hydrogens (tertiary/aromatic N) is 3. The summed E-state index contributed by atoms with van der Waals surface area (Å²) >= 11 is 0. The molecule has 1 aromatic heterocycles. The number of carbonyl (C=O) groups is 3. The first-order chi connectivity index (χ1) is 15.8. The molecule has 3 rings (SSSR count). The number of likely N-dealkylation sites (N-methyl/N-ethyl adjacent to an activating group) is 1. The molecule has 1 aromatic carbocycles. The first kappa shape index (κ1) is 24.9. The zero-order valence-corrected chi connectivity index (χ0v) is 20.6. The fraction of sp³-hybridized carbons (Fsp3) is 0.615. The highest BCUT2D eigenvalue weighted by Gasteiger charge is 2.27. The van der Waals surface area contributed by atoms with Crippen LogP contribution >= 0.6 is 0 Å². The Labute approximate surface area is 196 Å². The Bertz CT molecular complexity index is 1010. The first-order valence-corrected chi connectivity index (χ1v) is 12.4. The van der Waals surface area contributed by atoms with Crippen molar-refractivity contribution >= 4 is 28.5 Å². The number of benzene rings is 1. The van der Waals surface area contributed by atoms with Gasteiger partial charge in [0, 0.05) is 25.9 Å². The molecule has 0 aliphatic carbocycles. The maximum absolute atomic E-state index is 13.5. The minimum absolute atomic E-state index is 0.0151. The monoisotopic (exact) mass is 454 g/mol. The van der Waals surface area contributed by atoms with Gasteiger partial charge in [0.25, 0.3) is 0 Å². The average Bonchev–Trinajstić information content (AvgIpc) is 3.13. The van der Waals surface area contributed by atoms with Crippen LogP contribution in [0.2, 0.25) is 0 Å². The summed E-state index contributed by atoms with van der Waals surface area (Å²) in [7, 11) is 1.59. The third kappa shape index (κ3) is 6.01. The van der Waals surface area contributed by atoms with E-state index < -0.39 is 6.04 Å². The minimum atomic E-state index is -0.558. The lowest BCUT2D eigenvalue weighted by atomic mass is 9.99. The van der Waals surface area contributed by atoms with Crippen molar-refractivity contribution in [3.05, 3.63) is 29.0 Å². The van der Waals surface area contributed by atoms with Gasteiger partial charge in [-0.25, -0.2) is 0 Å². The molecule has 180 valence electrons. The van der Waals surface area contributed by atoms with Crippen LogP contribution in [0.3, 0.4) is 0 Å². The van der Waals surface area contributed by atoms with Crippen molar-refractivity contribution in [1.82, 2.24) is 20.0 Å². The Morgan fingerprint density at radius 3 is 2.30 bits per heavy atom. The quantitative estimate of drug-likeness (QED) is 0.705. The Kier molecular flexibility index (Phi) is 8.64. The van der Waals surface area contributed by atoms with Crippen LogP contribution in [0.25, 0.3) is 10.9 Å². The molecule has 0 saturated heterocycles. The number of hydrogen-bond donors (Lipinski definition) is 1. The van der Waals surface area contributed by atoms with E-state index in [2.05, 4.69) is 16.5 Å². The van der Waals surface area contributed by atoms with Gasteiger partial charge in [-0.15, -0.1) is 0 Å². The van der Waals surface area contributed by atoms with E-state index in [-0.39, 0.29) is 24.1 Å². The minimum Gasteiger partial charge on any atom is -0.357 e. The number of rotatable bonds is 3. The molecule has 0 saturated carbocycles. The largest absolute Gasteiger partial charge is 0.357 e. The Morgan fingerprint density at radius 1 is 1.03 bits per heavy atom. The molecule has 33 heavy (non-hydrogen) atoms. The van der Waals surface area contributed by atoms with Crippen molar-refractivity contribution in [2.24, 2.45) is 0 Å². The molecule has 1 aliphatic rings. The zero-order valence-electron chi connectivity index (χ0n) is 20.6. The topological polar surface area (TPSA) is 84.3 Å². The lowest BCUT2D eigenvalue weighted by Crippen LogP contribution is -2.48. The zero-order chi connectivity index (χ0) is 24.0. The molecule has 2 amide bonds. The van der Waals surface area contributed by atoms with Crippen LogP contribution in [-0.2, 0) is 22.6 Å². The molecule has 1 aliphatic heterocycles. The van der Waals surface area contributed by atoms with E-state index in [4.69, 9.17) is 0 Å². The highest BCUT2D eigenvalue weighted by molar-refractivity contribution is 6.06. The van der Waals surface area contributed by atoms with Crippen molar-refractivity contribution in [1.29, 1.82) is 0 Å². The van der Waals surface area contributed by atoms with Crippen molar-refractivity contribution in [3.8, 4) is 0 Å². The van der Waals surface area contributed by atoms with Crippen LogP contribution in [0.4, 0.5) is 0 Å². The summed E-state index contributed by atoms with van der Waals surface area (Å²) < 4.78 is 1.69. The maximum Gasteiger partial charge on any atom is 0.245 e. The number of Topliss-reactive ketones (excluding diaryl/α,β-unsaturated/α-hetero) is 1. The predicted molar refractivity (Wildman–Crippen MR) is 130 cm³/mol. The number of aromatic nitrogens is 2. The Morgan fingerprint density at radius 2 is 1.67 bits per heavy atom. The number of hydrogen-bond acceptors (Lipinski definition) is 4. The molecule has 0 unspecified atom stereocenters. The smallest absolute Gasteiger partial charge is 0.245 e. The summed E-state index contributed by atoms with van der Waals surface area (Å²) in [6.07, 6.45) is 9.89. The highest BCUT2D eigenvalue weighted by Crippen LogP contribution is 2.27. The fourth-order valence-corrected chi connectivity index (χ4v) is 4.89. The van der Waals surface area contributed by atoms with Crippen molar-refractivity contribution < 1.29 is 14.4 Å². The van der Waals surface area contributed by atoms with Crippen LogP contribution in [0, 0.1) is 6.92 Å². The molecule has 0 bridgehead atoms. The second kappa shape index (κ2) is 11.4. The number of amides is 2. The van der Waals surface area contributed by atoms with E-state index >= 15 is 0 Å². The normalized spacial score (nSPS) is 17.7. The second-order valence-electron chi connectivity index (χ2n) is 9.34. The Balaban J connectivity index is 2.04. The fourth-order valence-electron chi connectivity index (χ4n) is 4.89. The lowest BCUT2D eigenvalue weighted by molar-refractivity contribution is -0.140. The van der Waals surface area contributed by atoms with Crippen LogP contribution in [0.15, 0.2) is 12.1 Å². The van der Waals surface area contributed by atoms with Gasteiger partial charge in [0.1, 0.15) is 18.3 Å². The van der Waals surface area contributed by atoms with Crippen molar-refractivity contribution in [3.63, 3.8) is 0 Å². The van der Waals surface area contributed by atoms with Crippen molar-refractivity contribution in [2.75, 3.05) is 13.6 Å². The third-order valence-corrected chi connectivity index (χ3v) is 6.69. The molecule has 2 heterocycles. The van der Waals surface area contributed by atoms with Crippen molar-refractivity contribution in [2.45, 2.75) is 91.1 Å². The van der Waals surface area contributed by atoms with Gasteiger partial charge in [0.05, 0.1) is 5.52 Å². The van der Waals surface area contributed by atoms with Gasteiger partial charge in [0.2, 0.25) is 11.8 Å². The van der Waals surface area contributed by atoms with E-state index in [9.17, 15) is 14.4 Å². The molecule has 0 spiro atoms. The second-order valence-corrected chi connectivity index (χ2v) is 9.34. The Hall–Kier alpha value is -2.70. The number of aryl methyl sites for hydroxylation is 2. The van der Waals surface area contributed by atoms with Gasteiger partial charge in [-0.2, -0.15) is 5.10 Å². The third-order valence-electron chi connectivity index (χ3n) is 6.69. The van der Waals surface area contributed by atoms with Gasteiger partial charge in [-0.1, -0.05) is 50.2 Å². The van der Waals surface area contributed by atoms with Gasteiger partial charge in [-0.3, -0.25) is 19.1 Å². The molecule has 1 atom stereocenters. The summed E-state index contributed by atoms with van der Waals surface area (Å²) in [6, 6.07) is 3.59. The molecule has 1 N–H and O–H groups in total. The van der Waals surface area contributed by atoms with Gasteiger partial charge < -0.3 is 10.2 Å². The molecular formula is C26H38N4O3. The summed E-state index contributed by atoms with van der Waals surface area (Å²) in [5.41, 5.74) is 3.51. The van der Waals surface area contributed by atoms with E-state index in [1.165, 1.54) is 32.6 Å². The standard InChI is InChI=1S/C26H38N4O3/c1-18-15-21-13-11-9-7-5-6-8-10-12-14-29(19(2)26(33)27-4)23(32)17-30-25(21)22(16-18)24(28-30)20(3)31/h15-16,19H,5-14,17H2,1-4H3,(H,27,33)/t19-/m0/s1. The molecule has 7 nitrogen and oxygen atoms in total. The highest BCUT2D eigenvalue weighted by atomic mass is 16.2. The maximum atomic E-state index is 13.5. The summed E-state index contributed by atoms with van der Waals surface area (Å²) in [5.74, 6) is -0.433. The number of nitrogens with one attached hydrogen (secondary N) is 1. The SMILES string of the molecule is CNC(=O)[C@H](C)N1CCCCCCCCCCc2cc(C)cc3c(C(C)=O)nn(c23)CC1=O. The van der Waals surface area contributed by atoms with E-state index in [1.54, 1.807) is 23.6 Å². The molecule has 0 fully saturated rings. The van der Waals surface area contributed by atoms with Gasteiger partial charge in [0.15, 0.2) is 5.78 Å². The van der Waals surface area contributed by atoms with E-state index in [0.717, 1.165) is 54.1 Å². The summed E-state index contributed by atoms with van der Waals surface area (Å²) in [6.45, 7) is 5.88. The van der Waals surface area contributed by atoms with Crippen LogP contribution in [0.5, 0.6) is 0 Å². The number of carbonyl (C=O) groups excluding carboxylic acids is 3. The molecule has 0 radical (unpaired) electrons. The molecular weight excluding hydrogens is 416 g/mol. The predicted octanol–water partition coefficient (Wildman–Crippen LogP) is 4.19. The van der Waals surface area contributed by atoms with E-state index in [0.29, 0.717) is 12.2 Å². The lowest BCUT2D eigenvalue weighted by Gasteiger charge is -2.28. The van der Waals surface area contributed by atoms with Crippen LogP contribution < -0.4 is 5.32 Å². The van der Waals surface area contributed by atoms with E-state index in [1.807, 2.05) is 13.0 Å². The summed E-state index contributed by atoms with van der Waals surface area (Å²) in [4.78, 5) is 39.9. The van der Waals surface area contributed by atoms with Gasteiger partial charge >= 0.3 is 0 Å². The number of ketones is 1. The van der Waals surface area contributed by atoms with Crippen LogP contribution in [-0.4, -0.2) is 51.9 Å².